The van der Waals surface area contributed by atoms with Crippen molar-refractivity contribution in [3.63, 3.8) is 0 Å². The molecule has 5 aromatic rings. The first-order valence-electron chi connectivity index (χ1n) is 11.1. The van der Waals surface area contributed by atoms with Gasteiger partial charge < -0.3 is 9.84 Å². The number of aromatic amines is 1. The maximum absolute atomic E-state index is 13.5. The number of H-pyrrole nitrogens is 1. The van der Waals surface area contributed by atoms with Gasteiger partial charge in [0.25, 0.3) is 0 Å². The summed E-state index contributed by atoms with van der Waals surface area (Å²) < 4.78 is 8.10. The number of nitrogens with one attached hydrogen (secondary N) is 1. The van der Waals surface area contributed by atoms with Gasteiger partial charge in [0.2, 0.25) is 11.5 Å². The van der Waals surface area contributed by atoms with Crippen LogP contribution in [-0.4, -0.2) is 30.2 Å². The lowest BCUT2D eigenvalue weighted by Gasteiger charge is -2.10. The lowest BCUT2D eigenvalue weighted by atomic mass is 10.2. The summed E-state index contributed by atoms with van der Waals surface area (Å²) in [6.45, 7) is 0.149. The number of carbonyl (C=O) groups is 1. The van der Waals surface area contributed by atoms with E-state index in [1.807, 2.05) is 0 Å². The lowest BCUT2D eigenvalue weighted by Crippen LogP contribution is -2.49. The molecule has 0 aliphatic heterocycles. The zero-order chi connectivity index (χ0) is 26.6. The molecule has 10 nitrogen and oxygen atoms in total. The van der Waals surface area contributed by atoms with E-state index < -0.39 is 17.3 Å². The third-order valence-corrected chi connectivity index (χ3v) is 6.46. The van der Waals surface area contributed by atoms with Gasteiger partial charge in [0.1, 0.15) is 10.8 Å². The fourth-order valence-corrected chi connectivity index (χ4v) is 4.36. The molecule has 0 saturated heterocycles. The first kappa shape index (κ1) is 24.9. The van der Waals surface area contributed by atoms with Crippen molar-refractivity contribution in [2.75, 3.05) is 0 Å². The number of ether oxygens (including phenoxy) is 1. The van der Waals surface area contributed by atoms with E-state index in [0.717, 1.165) is 10.1 Å². The van der Waals surface area contributed by atoms with Gasteiger partial charge in [-0.3, -0.25) is 9.55 Å². The van der Waals surface area contributed by atoms with Crippen LogP contribution in [0.2, 0.25) is 5.02 Å². The van der Waals surface area contributed by atoms with Crippen molar-refractivity contribution in [3.8, 4) is 16.6 Å². The summed E-state index contributed by atoms with van der Waals surface area (Å²) in [6.07, 6.45) is 1.20. The normalized spacial score (nSPS) is 11.4. The largest absolute Gasteiger partial charge is 0.478 e. The molecule has 0 bridgehead atoms. The number of nitrogens with zero attached hydrogens (tertiary/aromatic N) is 4. The highest BCUT2D eigenvalue weighted by molar-refractivity contribution is 7.12. The van der Waals surface area contributed by atoms with Crippen LogP contribution in [0.25, 0.3) is 5.00 Å². The first-order valence-corrected chi connectivity index (χ1v) is 12.4. The molecular formula is C26H18ClN5O5S. The second kappa shape index (κ2) is 10.7. The summed E-state index contributed by atoms with van der Waals surface area (Å²) in [7, 11) is 0. The highest BCUT2D eigenvalue weighted by Crippen LogP contribution is 2.22. The van der Waals surface area contributed by atoms with Gasteiger partial charge in [-0.25, -0.2) is 28.9 Å². The van der Waals surface area contributed by atoms with Crippen LogP contribution < -0.4 is 21.7 Å². The topological polar surface area (TPSA) is 132 Å². The molecule has 0 unspecified atom stereocenters. The summed E-state index contributed by atoms with van der Waals surface area (Å²) in [5, 5.41) is 11.8. The smallest absolute Gasteiger partial charge is 0.340 e. The standard InChI is InChI=1S/C26H18ClN5O5S/c27-18-6-3-16(4-7-18)15-31-24(30-25(35)32(26(31)36)22-2-1-13-38-22)29-19-8-10-20(11-9-19)37-21-12-5-17(14-28-21)23(33)34/h1-14H,15H2,(H,33,34)(H,29,30,35). The Hall–Kier alpha value is -4.74. The van der Waals surface area contributed by atoms with E-state index in [4.69, 9.17) is 21.4 Å². The van der Waals surface area contributed by atoms with E-state index in [-0.39, 0.29) is 23.6 Å². The van der Waals surface area contributed by atoms with Crippen molar-refractivity contribution in [1.82, 2.24) is 19.1 Å². The van der Waals surface area contributed by atoms with Crippen molar-refractivity contribution < 1.29 is 14.6 Å². The van der Waals surface area contributed by atoms with Crippen LogP contribution in [0.5, 0.6) is 11.6 Å². The van der Waals surface area contributed by atoms with Gasteiger partial charge in [-0.05, 0) is 65.5 Å². The predicted molar refractivity (Wildman–Crippen MR) is 142 cm³/mol. The highest BCUT2D eigenvalue weighted by Gasteiger charge is 2.12. The number of carboxylic acids is 1. The number of hydrogen-bond donors (Lipinski definition) is 2. The second-order valence-electron chi connectivity index (χ2n) is 7.93. The molecule has 0 radical (unpaired) electrons. The van der Waals surface area contributed by atoms with Gasteiger partial charge in [-0.15, -0.1) is 11.3 Å². The fourth-order valence-electron chi connectivity index (χ4n) is 3.51. The van der Waals surface area contributed by atoms with Crippen LogP contribution >= 0.6 is 22.9 Å². The summed E-state index contributed by atoms with van der Waals surface area (Å²) in [6, 6.07) is 19.9. The Morgan fingerprint density at radius 2 is 1.82 bits per heavy atom. The molecule has 190 valence electrons. The van der Waals surface area contributed by atoms with Crippen LogP contribution in [0.15, 0.2) is 99.0 Å². The second-order valence-corrected chi connectivity index (χ2v) is 9.30. The number of carboxylic acid groups (broad SMARTS) is 1. The maximum Gasteiger partial charge on any atom is 0.340 e. The Bertz CT molecular complexity index is 1770. The van der Waals surface area contributed by atoms with Gasteiger partial charge in [-0.1, -0.05) is 23.7 Å². The van der Waals surface area contributed by atoms with Gasteiger partial charge >= 0.3 is 17.3 Å². The Morgan fingerprint density at radius 3 is 2.45 bits per heavy atom. The number of pyridine rings is 1. The summed E-state index contributed by atoms with van der Waals surface area (Å²) in [4.78, 5) is 48.5. The van der Waals surface area contributed by atoms with E-state index in [9.17, 15) is 14.4 Å². The minimum Gasteiger partial charge on any atom is -0.478 e. The highest BCUT2D eigenvalue weighted by atomic mass is 35.5. The molecule has 0 aliphatic rings. The van der Waals surface area contributed by atoms with Crippen LogP contribution in [0.1, 0.15) is 15.9 Å². The van der Waals surface area contributed by atoms with Crippen molar-refractivity contribution in [2.24, 2.45) is 4.99 Å². The minimum atomic E-state index is -1.08. The summed E-state index contributed by atoms with van der Waals surface area (Å²) >= 11 is 7.28. The summed E-state index contributed by atoms with van der Waals surface area (Å²) in [5.74, 6) is -0.415. The fraction of sp³-hybridized carbons (Fsp3) is 0.0385. The minimum absolute atomic E-state index is 0.0494. The molecule has 3 aromatic heterocycles. The molecule has 5 rings (SSSR count). The number of rotatable bonds is 7. The molecule has 2 aromatic carbocycles. The molecule has 0 saturated carbocycles. The van der Waals surface area contributed by atoms with Crippen molar-refractivity contribution >= 4 is 34.6 Å². The van der Waals surface area contributed by atoms with E-state index in [1.165, 1.54) is 34.2 Å². The molecule has 0 spiro atoms. The molecule has 12 heteroatoms. The third-order valence-electron chi connectivity index (χ3n) is 5.36. The SMILES string of the molecule is O=C(O)c1ccc(Oc2ccc(/N=c3\[nH]c(=O)n(-c4cccs4)c(=O)n3Cc3ccc(Cl)cc3)cc2)nc1. The van der Waals surface area contributed by atoms with Crippen molar-refractivity contribution in [1.29, 1.82) is 0 Å². The summed E-state index contributed by atoms with van der Waals surface area (Å²) in [5.41, 5.74) is 0.221. The molecule has 2 N–H and O–H groups in total. The average Bonchev–Trinajstić information content (AvgIpc) is 3.43. The quantitative estimate of drug-likeness (QED) is 0.314. The van der Waals surface area contributed by atoms with Gasteiger partial charge in [0.15, 0.2) is 0 Å². The van der Waals surface area contributed by atoms with Gasteiger partial charge in [0.05, 0.1) is 17.8 Å². The molecule has 38 heavy (non-hydrogen) atoms. The maximum atomic E-state index is 13.5. The third kappa shape index (κ3) is 5.48. The zero-order valence-electron chi connectivity index (χ0n) is 19.4. The van der Waals surface area contributed by atoms with E-state index in [0.29, 0.717) is 21.5 Å². The van der Waals surface area contributed by atoms with E-state index >= 15 is 0 Å². The Kier molecular flexibility index (Phi) is 7.03. The Balaban J connectivity index is 1.51. The molecule has 0 atom stereocenters. The van der Waals surface area contributed by atoms with Gasteiger partial charge in [0, 0.05) is 17.3 Å². The van der Waals surface area contributed by atoms with E-state index in [1.54, 1.807) is 66.0 Å². The number of aromatic carboxylic acids is 1. The predicted octanol–water partition coefficient (Wildman–Crippen LogP) is 4.21. The lowest BCUT2D eigenvalue weighted by molar-refractivity contribution is 0.0696. The Labute approximate surface area is 223 Å². The van der Waals surface area contributed by atoms with Gasteiger partial charge in [-0.2, -0.15) is 0 Å². The number of thiophene rings is 1. The first-order chi connectivity index (χ1) is 18.4. The number of halogens is 1. The van der Waals surface area contributed by atoms with Crippen molar-refractivity contribution in [3.05, 3.63) is 127 Å². The monoisotopic (exact) mass is 547 g/mol. The molecule has 3 heterocycles. The molecule has 0 fully saturated rings. The molecule has 0 aliphatic carbocycles. The Morgan fingerprint density at radius 1 is 1.05 bits per heavy atom. The number of benzene rings is 2. The molecular weight excluding hydrogens is 530 g/mol. The van der Waals surface area contributed by atoms with Crippen LogP contribution in [0.3, 0.4) is 0 Å². The van der Waals surface area contributed by atoms with Crippen LogP contribution in [0.4, 0.5) is 5.69 Å². The van der Waals surface area contributed by atoms with Crippen molar-refractivity contribution in [2.45, 2.75) is 6.54 Å². The number of aromatic nitrogens is 4. The van der Waals surface area contributed by atoms with Crippen LogP contribution in [0, 0.1) is 0 Å². The van der Waals surface area contributed by atoms with E-state index in [2.05, 4.69) is 15.0 Å². The van der Waals surface area contributed by atoms with Crippen LogP contribution in [-0.2, 0) is 6.54 Å². The average molecular weight is 548 g/mol. The number of hydrogen-bond acceptors (Lipinski definition) is 7. The zero-order valence-corrected chi connectivity index (χ0v) is 21.0. The molecule has 0 amide bonds.